The highest BCUT2D eigenvalue weighted by Gasteiger charge is 2.20. The van der Waals surface area contributed by atoms with Gasteiger partial charge in [-0.25, -0.2) is 4.39 Å². The Labute approximate surface area is 123 Å². The van der Waals surface area contributed by atoms with Crippen LogP contribution in [-0.4, -0.2) is 43.6 Å². The highest BCUT2D eigenvalue weighted by molar-refractivity contribution is 5.96. The van der Waals surface area contributed by atoms with Gasteiger partial charge in [0.1, 0.15) is 6.54 Å². The highest BCUT2D eigenvalue weighted by atomic mass is 19.1. The minimum absolute atomic E-state index is 0.00608. The molecule has 6 heteroatoms. The summed E-state index contributed by atoms with van der Waals surface area (Å²) in [5.74, 6) is -1.37. The monoisotopic (exact) mass is 297 g/mol. The lowest BCUT2D eigenvalue weighted by Crippen LogP contribution is -2.37. The van der Waals surface area contributed by atoms with Gasteiger partial charge in [-0.3, -0.25) is 9.59 Å². The quantitative estimate of drug-likeness (QED) is 0.724. The largest absolute Gasteiger partial charge is 0.494 e. The van der Waals surface area contributed by atoms with Gasteiger partial charge in [-0.15, -0.1) is 0 Å². The van der Waals surface area contributed by atoms with E-state index in [-0.39, 0.29) is 30.4 Å². The molecule has 1 amide bonds. The van der Waals surface area contributed by atoms with Gasteiger partial charge >= 0.3 is 5.97 Å². The minimum Gasteiger partial charge on any atom is -0.494 e. The van der Waals surface area contributed by atoms with Crippen LogP contribution in [0.25, 0.3) is 0 Å². The average Bonchev–Trinajstić information content (AvgIpc) is 2.47. The van der Waals surface area contributed by atoms with Crippen molar-refractivity contribution < 1.29 is 23.5 Å². The molecule has 1 aromatic carbocycles. The number of amides is 1. The van der Waals surface area contributed by atoms with Crippen LogP contribution in [0, 0.1) is 5.82 Å². The Hall–Kier alpha value is -2.11. The van der Waals surface area contributed by atoms with Gasteiger partial charge in [-0.2, -0.15) is 0 Å². The van der Waals surface area contributed by atoms with E-state index < -0.39 is 11.8 Å². The molecule has 0 aliphatic carbocycles. The predicted octanol–water partition coefficient (Wildman–Crippen LogP) is 2.25. The number of hydrogen-bond donors (Lipinski definition) is 0. The second kappa shape index (κ2) is 8.24. The zero-order valence-electron chi connectivity index (χ0n) is 12.5. The Balaban J connectivity index is 2.92. The van der Waals surface area contributed by atoms with Crippen LogP contribution in [0.15, 0.2) is 18.2 Å². The summed E-state index contributed by atoms with van der Waals surface area (Å²) in [5, 5.41) is 0. The molecule has 21 heavy (non-hydrogen) atoms. The van der Waals surface area contributed by atoms with Crippen molar-refractivity contribution in [3.8, 4) is 5.75 Å². The topological polar surface area (TPSA) is 55.8 Å². The predicted molar refractivity (Wildman–Crippen MR) is 75.8 cm³/mol. The molecule has 0 aromatic heterocycles. The molecule has 0 unspecified atom stereocenters. The first-order valence-corrected chi connectivity index (χ1v) is 6.81. The number of rotatable bonds is 7. The van der Waals surface area contributed by atoms with Crippen LogP contribution in [0.4, 0.5) is 4.39 Å². The van der Waals surface area contributed by atoms with E-state index in [9.17, 15) is 14.0 Å². The van der Waals surface area contributed by atoms with Gasteiger partial charge in [0.2, 0.25) is 0 Å². The zero-order valence-corrected chi connectivity index (χ0v) is 12.5. The van der Waals surface area contributed by atoms with E-state index in [4.69, 9.17) is 9.47 Å². The molecule has 0 bridgehead atoms. The summed E-state index contributed by atoms with van der Waals surface area (Å²) in [6.07, 6.45) is 0.698. The summed E-state index contributed by atoms with van der Waals surface area (Å²) in [7, 11) is 1.33. The van der Waals surface area contributed by atoms with E-state index in [0.29, 0.717) is 13.0 Å². The van der Waals surface area contributed by atoms with Gasteiger partial charge in [0.15, 0.2) is 11.6 Å². The Morgan fingerprint density at radius 2 is 2.00 bits per heavy atom. The Kier molecular flexibility index (Phi) is 6.65. The van der Waals surface area contributed by atoms with Crippen molar-refractivity contribution in [1.82, 2.24) is 4.90 Å². The molecule has 1 rings (SSSR count). The highest BCUT2D eigenvalue weighted by Crippen LogP contribution is 2.19. The Morgan fingerprint density at radius 3 is 2.57 bits per heavy atom. The van der Waals surface area contributed by atoms with Gasteiger partial charge in [-0.05, 0) is 31.5 Å². The maximum atomic E-state index is 13.4. The van der Waals surface area contributed by atoms with Crippen LogP contribution >= 0.6 is 0 Å². The number of esters is 1. The lowest BCUT2D eigenvalue weighted by atomic mass is 10.1. The first-order chi connectivity index (χ1) is 10.0. The second-order valence-electron chi connectivity index (χ2n) is 4.38. The fraction of sp³-hybridized carbons (Fsp3) is 0.467. The average molecular weight is 297 g/mol. The van der Waals surface area contributed by atoms with Crippen LogP contribution in [0.2, 0.25) is 0 Å². The van der Waals surface area contributed by atoms with Crippen molar-refractivity contribution in [1.29, 1.82) is 0 Å². The maximum Gasteiger partial charge on any atom is 0.325 e. The first kappa shape index (κ1) is 16.9. The Morgan fingerprint density at radius 1 is 1.29 bits per heavy atom. The fourth-order valence-electron chi connectivity index (χ4n) is 1.86. The number of halogens is 1. The molecule has 116 valence electrons. The van der Waals surface area contributed by atoms with E-state index in [1.165, 1.54) is 30.2 Å². The molecule has 0 heterocycles. The molecule has 0 aliphatic rings. The number of benzene rings is 1. The number of carbonyl (C=O) groups excluding carboxylic acids is 2. The molecular weight excluding hydrogens is 277 g/mol. The number of hydrogen-bond acceptors (Lipinski definition) is 4. The van der Waals surface area contributed by atoms with Crippen LogP contribution in [-0.2, 0) is 9.53 Å². The standard InChI is InChI=1S/C15H20FNO4/c1-4-8-17(10-14(18)21-5-2)15(19)11-6-7-12(16)13(9-11)20-3/h6-7,9H,4-5,8,10H2,1-3H3. The lowest BCUT2D eigenvalue weighted by molar-refractivity contribution is -0.143. The van der Waals surface area contributed by atoms with Crippen LogP contribution in [0.1, 0.15) is 30.6 Å². The van der Waals surface area contributed by atoms with E-state index in [0.717, 1.165) is 0 Å². The molecule has 5 nitrogen and oxygen atoms in total. The second-order valence-corrected chi connectivity index (χ2v) is 4.38. The third kappa shape index (κ3) is 4.73. The molecular formula is C15H20FNO4. The molecule has 0 aliphatic heterocycles. The summed E-state index contributed by atoms with van der Waals surface area (Å²) >= 11 is 0. The van der Waals surface area contributed by atoms with Crippen LogP contribution in [0.3, 0.4) is 0 Å². The summed E-state index contributed by atoms with van der Waals surface area (Å²) in [6, 6.07) is 3.86. The summed E-state index contributed by atoms with van der Waals surface area (Å²) in [6.45, 7) is 4.15. The van der Waals surface area contributed by atoms with Gasteiger partial charge in [0.05, 0.1) is 13.7 Å². The number of ether oxygens (including phenoxy) is 2. The molecule has 0 atom stereocenters. The van der Waals surface area contributed by atoms with Crippen molar-refractivity contribution in [2.24, 2.45) is 0 Å². The van der Waals surface area contributed by atoms with Gasteiger partial charge in [0.25, 0.3) is 5.91 Å². The minimum atomic E-state index is -0.540. The van der Waals surface area contributed by atoms with Crippen molar-refractivity contribution in [2.75, 3.05) is 26.8 Å². The van der Waals surface area contributed by atoms with Crippen molar-refractivity contribution in [3.63, 3.8) is 0 Å². The zero-order chi connectivity index (χ0) is 15.8. The summed E-state index contributed by atoms with van der Waals surface area (Å²) < 4.78 is 23.1. The number of carbonyl (C=O) groups is 2. The smallest absolute Gasteiger partial charge is 0.325 e. The van der Waals surface area contributed by atoms with E-state index in [1.54, 1.807) is 6.92 Å². The first-order valence-electron chi connectivity index (χ1n) is 6.81. The number of nitrogens with zero attached hydrogens (tertiary/aromatic N) is 1. The van der Waals surface area contributed by atoms with E-state index in [1.807, 2.05) is 6.92 Å². The molecule has 0 saturated carbocycles. The summed E-state index contributed by atoms with van der Waals surface area (Å²) in [4.78, 5) is 25.3. The lowest BCUT2D eigenvalue weighted by Gasteiger charge is -2.21. The molecule has 0 spiro atoms. The van der Waals surface area contributed by atoms with Crippen LogP contribution in [0.5, 0.6) is 5.75 Å². The molecule has 0 saturated heterocycles. The normalized spacial score (nSPS) is 10.1. The van der Waals surface area contributed by atoms with Crippen molar-refractivity contribution in [3.05, 3.63) is 29.6 Å². The SMILES string of the molecule is CCCN(CC(=O)OCC)C(=O)c1ccc(F)c(OC)c1. The molecule has 1 aromatic rings. The number of methoxy groups -OCH3 is 1. The van der Waals surface area contributed by atoms with Gasteiger partial charge < -0.3 is 14.4 Å². The van der Waals surface area contributed by atoms with Crippen molar-refractivity contribution in [2.45, 2.75) is 20.3 Å². The third-order valence-corrected chi connectivity index (χ3v) is 2.80. The van der Waals surface area contributed by atoms with Crippen molar-refractivity contribution >= 4 is 11.9 Å². The fourth-order valence-corrected chi connectivity index (χ4v) is 1.86. The van der Waals surface area contributed by atoms with E-state index in [2.05, 4.69) is 0 Å². The molecule has 0 fully saturated rings. The van der Waals surface area contributed by atoms with Gasteiger partial charge in [0, 0.05) is 12.1 Å². The maximum absolute atomic E-state index is 13.4. The summed E-state index contributed by atoms with van der Waals surface area (Å²) in [5.41, 5.74) is 0.269. The third-order valence-electron chi connectivity index (χ3n) is 2.80. The van der Waals surface area contributed by atoms with Crippen LogP contribution < -0.4 is 4.74 Å². The molecule has 0 N–H and O–H groups in total. The van der Waals surface area contributed by atoms with Gasteiger partial charge in [-0.1, -0.05) is 6.92 Å². The van der Waals surface area contributed by atoms with E-state index >= 15 is 0 Å². The molecule has 0 radical (unpaired) electrons. The Bertz CT molecular complexity index is 504.